The van der Waals surface area contributed by atoms with E-state index in [1.165, 1.54) is 19.3 Å². The lowest BCUT2D eigenvalue weighted by Crippen LogP contribution is -2.48. The van der Waals surface area contributed by atoms with Gasteiger partial charge in [0.1, 0.15) is 0 Å². The van der Waals surface area contributed by atoms with E-state index in [1.54, 1.807) is 27.7 Å². The maximum absolute atomic E-state index is 11.6. The average Bonchev–Trinajstić information content (AvgIpc) is 2.44. The molecule has 0 amide bonds. The molecule has 122 valence electrons. The van der Waals surface area contributed by atoms with E-state index in [0.717, 1.165) is 0 Å². The second-order valence-corrected chi connectivity index (χ2v) is 5.67. The Kier molecular flexibility index (Phi) is 7.28. The highest BCUT2D eigenvalue weighted by Gasteiger charge is 2.47. The molecule has 1 rings (SSSR count). The summed E-state index contributed by atoms with van der Waals surface area (Å²) >= 11 is 0. The van der Waals surface area contributed by atoms with Crippen molar-refractivity contribution >= 4 is 11.8 Å². The summed E-state index contributed by atoms with van der Waals surface area (Å²) in [7, 11) is 1.29. The molecule has 1 atom stereocenters. The van der Waals surface area contributed by atoms with Crippen molar-refractivity contribution in [3.63, 3.8) is 0 Å². The third-order valence-corrected chi connectivity index (χ3v) is 3.52. The Morgan fingerprint density at radius 2 is 1.95 bits per heavy atom. The Bertz CT molecular complexity index is 555. The number of aliphatic hydroxyl groups is 1. The number of allylic oxidation sites excluding steroid dienone is 2. The fraction of sp³-hybridized carbons (Fsp3) is 0.556. The maximum atomic E-state index is 11.6. The third-order valence-electron chi connectivity index (χ3n) is 3.52. The quantitative estimate of drug-likeness (QED) is 0.460. The van der Waals surface area contributed by atoms with Gasteiger partial charge in [-0.15, -0.1) is 0 Å². The summed E-state index contributed by atoms with van der Waals surface area (Å²) in [6.07, 6.45) is 2.92. The number of ether oxygens (including phenoxy) is 1. The SMILES string of the molecule is CC.COC(=O)/C=C(\C)C#CC1(O)C(C)=CC(=O)CC1(C)C. The Labute approximate surface area is 133 Å². The smallest absolute Gasteiger partial charge is 0.331 e. The van der Waals surface area contributed by atoms with E-state index in [0.29, 0.717) is 11.1 Å². The molecule has 4 nitrogen and oxygen atoms in total. The van der Waals surface area contributed by atoms with Gasteiger partial charge >= 0.3 is 5.97 Å². The molecule has 1 aliphatic carbocycles. The normalized spacial score (nSPS) is 23.4. The molecule has 22 heavy (non-hydrogen) atoms. The molecule has 1 N–H and O–H groups in total. The van der Waals surface area contributed by atoms with E-state index in [9.17, 15) is 14.7 Å². The maximum Gasteiger partial charge on any atom is 0.331 e. The van der Waals surface area contributed by atoms with Crippen molar-refractivity contribution in [2.45, 2.75) is 53.6 Å². The van der Waals surface area contributed by atoms with E-state index in [2.05, 4.69) is 16.6 Å². The first-order valence-corrected chi connectivity index (χ1v) is 7.36. The van der Waals surface area contributed by atoms with Crippen LogP contribution in [0.1, 0.15) is 48.0 Å². The lowest BCUT2D eigenvalue weighted by molar-refractivity contribution is -0.134. The Morgan fingerprint density at radius 1 is 1.41 bits per heavy atom. The van der Waals surface area contributed by atoms with E-state index in [4.69, 9.17) is 0 Å². The molecule has 1 aliphatic rings. The van der Waals surface area contributed by atoms with Crippen molar-refractivity contribution in [2.24, 2.45) is 5.41 Å². The molecule has 0 aromatic rings. The Balaban J connectivity index is 0.00000211. The van der Waals surface area contributed by atoms with Gasteiger partial charge in [0.05, 0.1) is 7.11 Å². The van der Waals surface area contributed by atoms with Crippen LogP contribution in [0.15, 0.2) is 23.3 Å². The summed E-state index contributed by atoms with van der Waals surface area (Å²) < 4.78 is 4.51. The molecule has 1 unspecified atom stereocenters. The number of hydrogen-bond acceptors (Lipinski definition) is 4. The van der Waals surface area contributed by atoms with Crippen LogP contribution in [0.25, 0.3) is 0 Å². The van der Waals surface area contributed by atoms with E-state index >= 15 is 0 Å². The van der Waals surface area contributed by atoms with Gasteiger partial charge in [-0.05, 0) is 25.5 Å². The van der Waals surface area contributed by atoms with Crippen LogP contribution in [0.5, 0.6) is 0 Å². The summed E-state index contributed by atoms with van der Waals surface area (Å²) in [5.74, 6) is 5.06. The molecule has 0 radical (unpaired) electrons. The predicted molar refractivity (Wildman–Crippen MR) is 87.0 cm³/mol. The molecule has 0 fully saturated rings. The predicted octanol–water partition coefficient (Wildman–Crippen LogP) is 2.81. The fourth-order valence-corrected chi connectivity index (χ4v) is 2.22. The van der Waals surface area contributed by atoms with Crippen molar-refractivity contribution < 1.29 is 19.4 Å². The molecule has 4 heteroatoms. The highest BCUT2D eigenvalue weighted by atomic mass is 16.5. The van der Waals surface area contributed by atoms with Crippen LogP contribution in [0.3, 0.4) is 0 Å². The van der Waals surface area contributed by atoms with Crippen molar-refractivity contribution in [1.29, 1.82) is 0 Å². The van der Waals surface area contributed by atoms with Gasteiger partial charge in [0.2, 0.25) is 0 Å². The fourth-order valence-electron chi connectivity index (χ4n) is 2.22. The van der Waals surface area contributed by atoms with Gasteiger partial charge in [-0.3, -0.25) is 4.79 Å². The highest BCUT2D eigenvalue weighted by Crippen LogP contribution is 2.42. The minimum Gasteiger partial charge on any atom is -0.466 e. The van der Waals surface area contributed by atoms with Gasteiger partial charge in [-0.1, -0.05) is 39.5 Å². The van der Waals surface area contributed by atoms with Crippen LogP contribution >= 0.6 is 0 Å². The monoisotopic (exact) mass is 306 g/mol. The molecular weight excluding hydrogens is 280 g/mol. The van der Waals surface area contributed by atoms with Crippen LogP contribution in [-0.4, -0.2) is 29.6 Å². The minimum atomic E-state index is -1.38. The third kappa shape index (κ3) is 4.57. The molecule has 0 saturated heterocycles. The van der Waals surface area contributed by atoms with E-state index < -0.39 is 17.0 Å². The lowest BCUT2D eigenvalue weighted by Gasteiger charge is -2.42. The Morgan fingerprint density at radius 3 is 2.41 bits per heavy atom. The van der Waals surface area contributed by atoms with Crippen molar-refractivity contribution in [1.82, 2.24) is 0 Å². The zero-order chi connectivity index (χ0) is 17.6. The Hall–Kier alpha value is -1.86. The summed E-state index contributed by atoms with van der Waals surface area (Å²) in [6, 6.07) is 0. The number of esters is 1. The summed E-state index contributed by atoms with van der Waals surface area (Å²) in [5.41, 5.74) is -1.05. The summed E-state index contributed by atoms with van der Waals surface area (Å²) in [5, 5.41) is 10.8. The van der Waals surface area contributed by atoms with Crippen LogP contribution < -0.4 is 0 Å². The molecular formula is C18H26O4. The van der Waals surface area contributed by atoms with Crippen molar-refractivity contribution in [3.8, 4) is 11.8 Å². The molecule has 0 bridgehead atoms. The highest BCUT2D eigenvalue weighted by molar-refractivity contribution is 5.93. The van der Waals surface area contributed by atoms with Gasteiger partial charge in [-0.25, -0.2) is 4.79 Å². The van der Waals surface area contributed by atoms with Gasteiger partial charge in [0, 0.05) is 23.5 Å². The number of rotatable bonds is 1. The van der Waals surface area contributed by atoms with E-state index in [-0.39, 0.29) is 12.2 Å². The number of methoxy groups -OCH3 is 1. The summed E-state index contributed by atoms with van der Waals surface area (Å²) in [6.45, 7) is 10.9. The number of carbonyl (C=O) groups excluding carboxylic acids is 2. The molecule has 0 heterocycles. The first-order chi connectivity index (χ1) is 10.1. The first-order valence-electron chi connectivity index (χ1n) is 7.36. The topological polar surface area (TPSA) is 63.6 Å². The zero-order valence-corrected chi connectivity index (χ0v) is 14.5. The minimum absolute atomic E-state index is 0.0131. The van der Waals surface area contributed by atoms with Crippen LogP contribution in [0.2, 0.25) is 0 Å². The van der Waals surface area contributed by atoms with Gasteiger partial charge in [0.15, 0.2) is 11.4 Å². The van der Waals surface area contributed by atoms with Crippen molar-refractivity contribution in [2.75, 3.05) is 7.11 Å². The standard InChI is InChI=1S/C16H20O4.C2H6/c1-11(8-14(18)20-5)6-7-16(19)12(2)9-13(17)10-15(16,3)4;1-2/h8-9,19H,10H2,1-5H3;1-2H3/b11-8+;. The van der Waals surface area contributed by atoms with Gasteiger partial charge in [-0.2, -0.15) is 0 Å². The molecule has 0 aliphatic heterocycles. The van der Waals surface area contributed by atoms with Crippen LogP contribution in [0, 0.1) is 17.3 Å². The van der Waals surface area contributed by atoms with Gasteiger partial charge in [0.25, 0.3) is 0 Å². The number of ketones is 1. The number of carbonyl (C=O) groups is 2. The van der Waals surface area contributed by atoms with E-state index in [1.807, 2.05) is 13.8 Å². The van der Waals surface area contributed by atoms with Gasteiger partial charge < -0.3 is 9.84 Å². The lowest BCUT2D eigenvalue weighted by atomic mass is 9.65. The zero-order valence-electron chi connectivity index (χ0n) is 14.5. The van der Waals surface area contributed by atoms with Crippen LogP contribution in [-0.2, 0) is 14.3 Å². The molecule has 0 spiro atoms. The largest absolute Gasteiger partial charge is 0.466 e. The molecule has 0 aromatic heterocycles. The molecule has 0 saturated carbocycles. The average molecular weight is 306 g/mol. The summed E-state index contributed by atoms with van der Waals surface area (Å²) in [4.78, 5) is 22.7. The van der Waals surface area contributed by atoms with Crippen molar-refractivity contribution in [3.05, 3.63) is 23.3 Å². The van der Waals surface area contributed by atoms with Crippen LogP contribution in [0.4, 0.5) is 0 Å². The second-order valence-electron chi connectivity index (χ2n) is 5.67. The first kappa shape index (κ1) is 20.1. The number of hydrogen-bond donors (Lipinski definition) is 1. The second kappa shape index (κ2) is 7.95. The molecule has 0 aromatic carbocycles.